The molecule has 1 aromatic heterocycles. The minimum absolute atomic E-state index is 0. The third-order valence-corrected chi connectivity index (χ3v) is 4.26. The highest BCUT2D eigenvalue weighted by Crippen LogP contribution is 2.26. The van der Waals surface area contributed by atoms with E-state index in [4.69, 9.17) is 17.3 Å². The lowest BCUT2D eigenvalue weighted by molar-refractivity contribution is -0.120. The molecular formula is C15H19Cl2N3OS. The molecule has 0 fully saturated rings. The van der Waals surface area contributed by atoms with E-state index in [9.17, 15) is 4.79 Å². The van der Waals surface area contributed by atoms with Crippen molar-refractivity contribution in [2.75, 3.05) is 5.32 Å². The molecule has 1 amide bonds. The highest BCUT2D eigenvalue weighted by molar-refractivity contribution is 7.15. The summed E-state index contributed by atoms with van der Waals surface area (Å²) >= 11 is 7.45. The fraction of sp³-hybridized carbons (Fsp3) is 0.333. The molecule has 0 aliphatic heterocycles. The molecule has 2 aromatic rings. The lowest BCUT2D eigenvalue weighted by atomic mass is 10.1. The van der Waals surface area contributed by atoms with Crippen molar-refractivity contribution in [3.05, 3.63) is 45.4 Å². The fourth-order valence-corrected chi connectivity index (χ4v) is 2.94. The molecule has 0 radical (unpaired) electrons. The lowest BCUT2D eigenvalue weighted by Crippen LogP contribution is -2.45. The Morgan fingerprint density at radius 2 is 2.14 bits per heavy atom. The van der Waals surface area contributed by atoms with Gasteiger partial charge in [0.05, 0.1) is 11.2 Å². The number of nitrogens with two attached hydrogens (primary N) is 1. The van der Waals surface area contributed by atoms with Crippen molar-refractivity contribution in [3.8, 4) is 0 Å². The highest BCUT2D eigenvalue weighted by Gasteiger charge is 2.23. The largest absolute Gasteiger partial charge is 0.318 e. The van der Waals surface area contributed by atoms with Crippen LogP contribution in [0.15, 0.2) is 24.3 Å². The number of halogens is 2. The number of benzene rings is 1. The van der Waals surface area contributed by atoms with Crippen LogP contribution in [0.25, 0.3) is 0 Å². The van der Waals surface area contributed by atoms with Gasteiger partial charge in [0.2, 0.25) is 5.91 Å². The number of amides is 1. The number of hydrogen-bond donors (Lipinski definition) is 2. The molecule has 0 aliphatic carbocycles. The zero-order valence-corrected chi connectivity index (χ0v) is 15.0. The average Bonchev–Trinajstić information content (AvgIpc) is 2.68. The molecule has 0 saturated carbocycles. The maximum atomic E-state index is 11.9. The van der Waals surface area contributed by atoms with Gasteiger partial charge in [0.25, 0.3) is 0 Å². The Balaban J connectivity index is 0.00000242. The molecule has 1 heterocycles. The third kappa shape index (κ3) is 4.95. The number of hydrogen-bond acceptors (Lipinski definition) is 4. The van der Waals surface area contributed by atoms with Crippen molar-refractivity contribution < 1.29 is 4.79 Å². The maximum absolute atomic E-state index is 11.9. The Morgan fingerprint density at radius 3 is 2.73 bits per heavy atom. The monoisotopic (exact) mass is 359 g/mol. The summed E-state index contributed by atoms with van der Waals surface area (Å²) in [5.74, 6) is -0.245. The Hall–Kier alpha value is -1.14. The van der Waals surface area contributed by atoms with Crippen LogP contribution in [0.1, 0.15) is 30.0 Å². The second-order valence-electron chi connectivity index (χ2n) is 5.51. The quantitative estimate of drug-likeness (QED) is 0.872. The van der Waals surface area contributed by atoms with Crippen LogP contribution < -0.4 is 11.1 Å². The van der Waals surface area contributed by atoms with E-state index in [1.54, 1.807) is 13.8 Å². The molecule has 2 rings (SSSR count). The van der Waals surface area contributed by atoms with Gasteiger partial charge in [-0.15, -0.1) is 23.7 Å². The highest BCUT2D eigenvalue weighted by atomic mass is 35.5. The van der Waals surface area contributed by atoms with Crippen molar-refractivity contribution in [2.45, 2.75) is 32.7 Å². The first-order valence-electron chi connectivity index (χ1n) is 6.57. The molecular weight excluding hydrogens is 341 g/mol. The topological polar surface area (TPSA) is 68.0 Å². The van der Waals surface area contributed by atoms with Gasteiger partial charge >= 0.3 is 0 Å². The van der Waals surface area contributed by atoms with Crippen molar-refractivity contribution in [1.29, 1.82) is 0 Å². The molecule has 4 nitrogen and oxygen atoms in total. The lowest BCUT2D eigenvalue weighted by Gasteiger charge is -2.16. The first-order chi connectivity index (χ1) is 9.75. The van der Waals surface area contributed by atoms with E-state index in [1.165, 1.54) is 11.3 Å². The Morgan fingerprint density at radius 1 is 1.45 bits per heavy atom. The van der Waals surface area contributed by atoms with Gasteiger partial charge in [0.1, 0.15) is 0 Å². The Labute approximate surface area is 145 Å². The van der Waals surface area contributed by atoms with Crippen LogP contribution in [-0.2, 0) is 11.2 Å². The molecule has 0 atom stereocenters. The molecule has 7 heteroatoms. The third-order valence-electron chi connectivity index (χ3n) is 2.95. The van der Waals surface area contributed by atoms with E-state index in [2.05, 4.69) is 10.3 Å². The van der Waals surface area contributed by atoms with E-state index >= 15 is 0 Å². The Kier molecular flexibility index (Phi) is 6.38. The molecule has 120 valence electrons. The molecule has 0 unspecified atom stereocenters. The zero-order chi connectivity index (χ0) is 15.6. The zero-order valence-electron chi connectivity index (χ0n) is 12.6. The van der Waals surface area contributed by atoms with Gasteiger partial charge in [-0.2, -0.15) is 0 Å². The number of carbonyl (C=O) groups excluding carboxylic acids is 1. The SMILES string of the molecule is Cc1nc(NC(=O)C(C)(C)N)sc1Cc1cccc(Cl)c1.Cl. The van der Waals surface area contributed by atoms with E-state index < -0.39 is 5.54 Å². The van der Waals surface area contributed by atoms with Gasteiger partial charge < -0.3 is 11.1 Å². The molecule has 1 aromatic carbocycles. The van der Waals surface area contributed by atoms with E-state index in [0.717, 1.165) is 22.6 Å². The molecule has 0 aliphatic rings. The second kappa shape index (κ2) is 7.42. The number of rotatable bonds is 4. The number of nitrogens with zero attached hydrogens (tertiary/aromatic N) is 1. The Bertz CT molecular complexity index is 665. The van der Waals surface area contributed by atoms with Gasteiger partial charge in [-0.3, -0.25) is 4.79 Å². The standard InChI is InChI=1S/C15H18ClN3OS.ClH/c1-9-12(8-10-5-4-6-11(16)7-10)21-14(18-9)19-13(20)15(2,3)17;/h4-7H,8,17H2,1-3H3,(H,18,19,20);1H. The summed E-state index contributed by atoms with van der Waals surface area (Å²) in [5, 5.41) is 4.05. The second-order valence-corrected chi connectivity index (χ2v) is 7.03. The van der Waals surface area contributed by atoms with Gasteiger partial charge in [-0.05, 0) is 38.5 Å². The first kappa shape index (κ1) is 18.9. The number of nitrogens with one attached hydrogen (secondary N) is 1. The van der Waals surface area contributed by atoms with Crippen LogP contribution in [0.3, 0.4) is 0 Å². The number of carbonyl (C=O) groups is 1. The van der Waals surface area contributed by atoms with E-state index in [1.807, 2.05) is 31.2 Å². The van der Waals surface area contributed by atoms with Crippen LogP contribution >= 0.6 is 35.3 Å². The summed E-state index contributed by atoms with van der Waals surface area (Å²) in [4.78, 5) is 17.4. The normalized spacial score (nSPS) is 11.0. The minimum Gasteiger partial charge on any atom is -0.318 e. The van der Waals surface area contributed by atoms with Crippen LogP contribution in [0.2, 0.25) is 5.02 Å². The van der Waals surface area contributed by atoms with E-state index in [0.29, 0.717) is 10.2 Å². The molecule has 0 bridgehead atoms. The maximum Gasteiger partial charge on any atom is 0.245 e. The van der Waals surface area contributed by atoms with Gasteiger partial charge in [-0.1, -0.05) is 23.7 Å². The van der Waals surface area contributed by atoms with Crippen molar-refractivity contribution in [1.82, 2.24) is 4.98 Å². The molecule has 0 spiro atoms. The predicted octanol–water partition coefficient (Wildman–Crippen LogP) is 3.79. The van der Waals surface area contributed by atoms with Crippen LogP contribution in [-0.4, -0.2) is 16.4 Å². The summed E-state index contributed by atoms with van der Waals surface area (Å²) < 4.78 is 0. The predicted molar refractivity (Wildman–Crippen MR) is 95.3 cm³/mol. The molecule has 0 saturated heterocycles. The number of thiazole rings is 1. The number of aryl methyl sites for hydroxylation is 1. The van der Waals surface area contributed by atoms with Gasteiger partial charge in [0, 0.05) is 16.3 Å². The summed E-state index contributed by atoms with van der Waals surface area (Å²) in [6, 6.07) is 7.72. The summed E-state index contributed by atoms with van der Waals surface area (Å²) in [7, 11) is 0. The minimum atomic E-state index is -0.924. The summed E-state index contributed by atoms with van der Waals surface area (Å²) in [5.41, 5.74) is 6.86. The van der Waals surface area contributed by atoms with Crippen molar-refractivity contribution in [3.63, 3.8) is 0 Å². The van der Waals surface area contributed by atoms with Crippen molar-refractivity contribution >= 4 is 46.4 Å². The smallest absolute Gasteiger partial charge is 0.245 e. The average molecular weight is 360 g/mol. The van der Waals surface area contributed by atoms with Crippen LogP contribution in [0.4, 0.5) is 5.13 Å². The van der Waals surface area contributed by atoms with Crippen LogP contribution in [0.5, 0.6) is 0 Å². The van der Waals surface area contributed by atoms with Crippen LogP contribution in [0, 0.1) is 6.92 Å². The summed E-state index contributed by atoms with van der Waals surface area (Å²) in [6.07, 6.45) is 0.742. The number of aromatic nitrogens is 1. The molecule has 3 N–H and O–H groups in total. The fourth-order valence-electron chi connectivity index (χ4n) is 1.74. The number of anilines is 1. The van der Waals surface area contributed by atoms with E-state index in [-0.39, 0.29) is 18.3 Å². The summed E-state index contributed by atoms with van der Waals surface area (Å²) in [6.45, 7) is 5.25. The molecule has 22 heavy (non-hydrogen) atoms. The van der Waals surface area contributed by atoms with Gasteiger partial charge in [-0.25, -0.2) is 4.98 Å². The van der Waals surface area contributed by atoms with Crippen molar-refractivity contribution in [2.24, 2.45) is 5.73 Å². The van der Waals surface area contributed by atoms with Gasteiger partial charge in [0.15, 0.2) is 5.13 Å². The first-order valence-corrected chi connectivity index (χ1v) is 7.76.